The van der Waals surface area contributed by atoms with Crippen LogP contribution in [0.4, 0.5) is 4.79 Å². The predicted octanol–water partition coefficient (Wildman–Crippen LogP) is 2.29. The van der Waals surface area contributed by atoms with Gasteiger partial charge in [0.25, 0.3) is 11.8 Å². The number of hydrogen-bond donors (Lipinski definition) is 3. The summed E-state index contributed by atoms with van der Waals surface area (Å²) < 4.78 is 11.4. The lowest BCUT2D eigenvalue weighted by molar-refractivity contribution is -0.125. The maximum absolute atomic E-state index is 13.4. The molecule has 0 saturated carbocycles. The Morgan fingerprint density at radius 1 is 1.14 bits per heavy atom. The minimum absolute atomic E-state index is 0.00915. The molecule has 1 saturated heterocycles. The summed E-state index contributed by atoms with van der Waals surface area (Å²) in [6.45, 7) is -0.0213. The number of carbonyl (C=O) groups excluding carboxylic acids is 3. The Labute approximate surface area is 203 Å². The van der Waals surface area contributed by atoms with Crippen LogP contribution in [0.3, 0.4) is 0 Å². The number of pyridine rings is 2. The molecule has 1 atom stereocenters. The minimum atomic E-state index is -1.81. The Morgan fingerprint density at radius 2 is 1.94 bits per heavy atom. The molecule has 2 aliphatic heterocycles. The number of nitrogens with zero attached hydrogens (tertiary/aromatic N) is 3. The van der Waals surface area contributed by atoms with Gasteiger partial charge < -0.3 is 24.5 Å². The number of aromatic nitrogens is 2. The van der Waals surface area contributed by atoms with Gasteiger partial charge in [0.05, 0.1) is 19.2 Å². The molecule has 180 valence electrons. The number of urea groups is 1. The molecule has 4 aromatic rings. The van der Waals surface area contributed by atoms with Crippen LogP contribution >= 0.6 is 0 Å². The van der Waals surface area contributed by atoms with Gasteiger partial charge >= 0.3 is 6.03 Å². The topological polar surface area (TPSA) is 147 Å². The summed E-state index contributed by atoms with van der Waals surface area (Å²) in [6, 6.07) is 10.8. The fourth-order valence-corrected chi connectivity index (χ4v) is 4.75. The summed E-state index contributed by atoms with van der Waals surface area (Å²) >= 11 is 0. The van der Waals surface area contributed by atoms with Crippen LogP contribution in [-0.2, 0) is 16.9 Å². The van der Waals surface area contributed by atoms with E-state index in [9.17, 15) is 19.5 Å². The van der Waals surface area contributed by atoms with E-state index in [4.69, 9.17) is 9.15 Å². The maximum Gasteiger partial charge on any atom is 0.322 e. The van der Waals surface area contributed by atoms with E-state index in [-0.39, 0.29) is 41.8 Å². The van der Waals surface area contributed by atoms with Crippen LogP contribution in [0.5, 0.6) is 11.5 Å². The van der Waals surface area contributed by atoms with Gasteiger partial charge in [-0.05, 0) is 42.0 Å². The molecule has 0 radical (unpaired) electrons. The fraction of sp³-hybridized carbons (Fsp3) is 0.160. The quantitative estimate of drug-likeness (QED) is 0.365. The summed E-state index contributed by atoms with van der Waals surface area (Å²) in [5, 5.41) is 15.5. The first-order valence-corrected chi connectivity index (χ1v) is 11.0. The number of nitrogens with one attached hydrogen (secondary N) is 2. The zero-order chi connectivity index (χ0) is 25.0. The van der Waals surface area contributed by atoms with Gasteiger partial charge in [0.1, 0.15) is 22.7 Å². The van der Waals surface area contributed by atoms with Gasteiger partial charge in [-0.1, -0.05) is 6.07 Å². The minimum Gasteiger partial charge on any atom is -0.506 e. The van der Waals surface area contributed by atoms with Crippen molar-refractivity contribution in [3.63, 3.8) is 0 Å². The third-order valence-electron chi connectivity index (χ3n) is 6.42. The molecule has 1 unspecified atom stereocenters. The largest absolute Gasteiger partial charge is 0.506 e. The number of furan rings is 1. The number of methoxy groups -OCH3 is 1. The Kier molecular flexibility index (Phi) is 4.68. The molecule has 2 aliphatic rings. The Hall–Kier alpha value is -4.93. The van der Waals surface area contributed by atoms with Gasteiger partial charge in [-0.2, -0.15) is 0 Å². The number of aromatic hydroxyl groups is 1. The van der Waals surface area contributed by atoms with E-state index in [1.807, 2.05) is 0 Å². The number of fused-ring (bicyclic) bond motifs is 2. The maximum atomic E-state index is 13.4. The summed E-state index contributed by atoms with van der Waals surface area (Å²) in [6.07, 6.45) is 3.02. The van der Waals surface area contributed by atoms with E-state index in [2.05, 4.69) is 20.6 Å². The van der Waals surface area contributed by atoms with Crippen molar-refractivity contribution in [3.8, 4) is 22.8 Å². The highest BCUT2D eigenvalue weighted by Gasteiger charge is 2.55. The highest BCUT2D eigenvalue weighted by atomic mass is 16.5. The van der Waals surface area contributed by atoms with Crippen LogP contribution in [-0.4, -0.2) is 51.5 Å². The predicted molar refractivity (Wildman–Crippen MR) is 125 cm³/mol. The van der Waals surface area contributed by atoms with Gasteiger partial charge in [0.2, 0.25) is 0 Å². The zero-order valence-corrected chi connectivity index (χ0v) is 18.9. The lowest BCUT2D eigenvalue weighted by Gasteiger charge is -2.30. The monoisotopic (exact) mass is 485 g/mol. The number of benzene rings is 1. The van der Waals surface area contributed by atoms with Crippen molar-refractivity contribution in [1.82, 2.24) is 25.5 Å². The SMILES string of the molecule is COc1ccc2c(c1)C(=O)N(CC1(c3oc4cccnc4c3-c3ncccc3O)NC(=O)NC1=O)C2. The van der Waals surface area contributed by atoms with Gasteiger partial charge in [0.15, 0.2) is 16.9 Å². The third-order valence-corrected chi connectivity index (χ3v) is 6.42. The molecule has 36 heavy (non-hydrogen) atoms. The highest BCUT2D eigenvalue weighted by Crippen LogP contribution is 2.43. The molecule has 4 amide bonds. The Morgan fingerprint density at radius 3 is 2.69 bits per heavy atom. The number of ether oxygens (including phenoxy) is 1. The van der Waals surface area contributed by atoms with Crippen molar-refractivity contribution in [2.45, 2.75) is 12.1 Å². The second-order valence-corrected chi connectivity index (χ2v) is 8.53. The highest BCUT2D eigenvalue weighted by molar-refractivity contribution is 6.10. The van der Waals surface area contributed by atoms with Crippen molar-refractivity contribution in [3.05, 3.63) is 71.7 Å². The lowest BCUT2D eigenvalue weighted by Crippen LogP contribution is -2.52. The Balaban J connectivity index is 1.53. The van der Waals surface area contributed by atoms with Crippen LogP contribution in [0, 0.1) is 0 Å². The number of carbonyl (C=O) groups is 3. The van der Waals surface area contributed by atoms with E-state index in [0.29, 0.717) is 22.4 Å². The molecule has 3 aromatic heterocycles. The summed E-state index contributed by atoms with van der Waals surface area (Å²) in [5.41, 5.74) is 0.430. The summed E-state index contributed by atoms with van der Waals surface area (Å²) in [5.74, 6) is -0.654. The lowest BCUT2D eigenvalue weighted by atomic mass is 9.90. The average Bonchev–Trinajstić information content (AvgIpc) is 3.51. The van der Waals surface area contributed by atoms with Crippen molar-refractivity contribution in [1.29, 1.82) is 0 Å². The van der Waals surface area contributed by atoms with Gasteiger partial charge in [-0.25, -0.2) is 4.79 Å². The van der Waals surface area contributed by atoms with Crippen LogP contribution in [0.1, 0.15) is 21.7 Å². The van der Waals surface area contributed by atoms with Crippen molar-refractivity contribution >= 4 is 28.9 Å². The van der Waals surface area contributed by atoms with E-state index < -0.39 is 17.5 Å². The molecular weight excluding hydrogens is 466 g/mol. The zero-order valence-electron chi connectivity index (χ0n) is 18.9. The standard InChI is InChI=1S/C25H19N5O6/c1-35-14-7-6-13-11-30(22(32)15(13)10-14)12-25(23(33)28-24(34)29-25)21-18(19-16(31)4-2-8-26-19)20-17(36-21)5-3-9-27-20/h2-10,31H,11-12H2,1H3,(H2,28,29,33,34). The van der Waals surface area contributed by atoms with Gasteiger partial charge in [-0.3, -0.25) is 24.9 Å². The molecule has 0 bridgehead atoms. The smallest absolute Gasteiger partial charge is 0.322 e. The van der Waals surface area contributed by atoms with E-state index >= 15 is 0 Å². The van der Waals surface area contributed by atoms with Gasteiger partial charge in [0, 0.05) is 24.5 Å². The molecule has 6 rings (SSSR count). The van der Waals surface area contributed by atoms with Crippen LogP contribution < -0.4 is 15.4 Å². The fourth-order valence-electron chi connectivity index (χ4n) is 4.75. The number of imide groups is 1. The molecule has 3 N–H and O–H groups in total. The number of amides is 4. The first-order valence-electron chi connectivity index (χ1n) is 11.0. The average molecular weight is 485 g/mol. The van der Waals surface area contributed by atoms with Crippen LogP contribution in [0.2, 0.25) is 0 Å². The molecule has 0 spiro atoms. The van der Waals surface area contributed by atoms with Gasteiger partial charge in [-0.15, -0.1) is 0 Å². The third kappa shape index (κ3) is 3.09. The molecule has 1 fully saturated rings. The molecular formula is C25H19N5O6. The number of hydrogen-bond acceptors (Lipinski definition) is 8. The van der Waals surface area contributed by atoms with Crippen molar-refractivity contribution < 1.29 is 28.6 Å². The molecule has 1 aromatic carbocycles. The summed E-state index contributed by atoms with van der Waals surface area (Å²) in [7, 11) is 1.51. The molecule has 5 heterocycles. The van der Waals surface area contributed by atoms with E-state index in [0.717, 1.165) is 5.56 Å². The molecule has 11 heteroatoms. The van der Waals surface area contributed by atoms with Crippen molar-refractivity contribution in [2.75, 3.05) is 13.7 Å². The van der Waals surface area contributed by atoms with E-state index in [1.165, 1.54) is 24.3 Å². The summed E-state index contributed by atoms with van der Waals surface area (Å²) in [4.78, 5) is 49.3. The number of rotatable bonds is 5. The molecule has 11 nitrogen and oxygen atoms in total. The van der Waals surface area contributed by atoms with Crippen molar-refractivity contribution in [2.24, 2.45) is 0 Å². The van der Waals surface area contributed by atoms with Crippen LogP contribution in [0.15, 0.2) is 59.3 Å². The normalized spacial score (nSPS) is 18.9. The second-order valence-electron chi connectivity index (χ2n) is 8.53. The second kappa shape index (κ2) is 7.80. The molecule has 0 aliphatic carbocycles. The first-order chi connectivity index (χ1) is 17.4. The van der Waals surface area contributed by atoms with E-state index in [1.54, 1.807) is 42.6 Å². The Bertz CT molecular complexity index is 1580. The first kappa shape index (κ1) is 21.6. The van der Waals surface area contributed by atoms with Crippen LogP contribution in [0.25, 0.3) is 22.4 Å².